The van der Waals surface area contributed by atoms with Gasteiger partial charge in [-0.3, -0.25) is 4.98 Å². The average molecular weight is 271 g/mol. The molecule has 0 radical (unpaired) electrons. The van der Waals surface area contributed by atoms with Crippen molar-refractivity contribution in [1.82, 2.24) is 15.6 Å². The van der Waals surface area contributed by atoms with E-state index in [0.29, 0.717) is 0 Å². The summed E-state index contributed by atoms with van der Waals surface area (Å²) >= 11 is 0. The lowest BCUT2D eigenvalue weighted by molar-refractivity contribution is 0.418. The van der Waals surface area contributed by atoms with Gasteiger partial charge < -0.3 is 10.6 Å². The van der Waals surface area contributed by atoms with Crippen LogP contribution in [0.15, 0.2) is 36.5 Å². The first kappa shape index (κ1) is 14.9. The second-order valence-corrected chi connectivity index (χ2v) is 6.20. The highest BCUT2D eigenvalue weighted by Crippen LogP contribution is 2.15. The van der Waals surface area contributed by atoms with Gasteiger partial charge >= 0.3 is 0 Å². The molecule has 20 heavy (non-hydrogen) atoms. The van der Waals surface area contributed by atoms with Crippen molar-refractivity contribution in [2.45, 2.75) is 39.3 Å². The maximum absolute atomic E-state index is 4.48. The predicted octanol–water partition coefficient (Wildman–Crippen LogP) is 3.10. The molecule has 0 saturated heterocycles. The molecule has 3 heteroatoms. The standard InChI is InChI=1S/C17H25N3/c1-17(2,3)20-12-6-10-18-13-15-8-4-7-14-9-5-11-19-16(14)15/h4-5,7-9,11,18,20H,6,10,12-13H2,1-3H3. The summed E-state index contributed by atoms with van der Waals surface area (Å²) in [5.41, 5.74) is 2.58. The Morgan fingerprint density at radius 1 is 1.05 bits per heavy atom. The van der Waals surface area contributed by atoms with Crippen molar-refractivity contribution in [2.24, 2.45) is 0 Å². The minimum absolute atomic E-state index is 0.208. The fourth-order valence-corrected chi connectivity index (χ4v) is 2.21. The third kappa shape index (κ3) is 4.58. The molecule has 2 aromatic rings. The van der Waals surface area contributed by atoms with E-state index in [-0.39, 0.29) is 5.54 Å². The van der Waals surface area contributed by atoms with E-state index in [1.54, 1.807) is 0 Å². The molecule has 108 valence electrons. The van der Waals surface area contributed by atoms with E-state index in [4.69, 9.17) is 0 Å². The largest absolute Gasteiger partial charge is 0.313 e. The van der Waals surface area contributed by atoms with Crippen LogP contribution >= 0.6 is 0 Å². The Balaban J connectivity index is 1.79. The number of nitrogens with zero attached hydrogens (tertiary/aromatic N) is 1. The van der Waals surface area contributed by atoms with Crippen molar-refractivity contribution in [2.75, 3.05) is 13.1 Å². The zero-order chi connectivity index (χ0) is 14.4. The van der Waals surface area contributed by atoms with E-state index in [1.807, 2.05) is 12.3 Å². The molecule has 1 aromatic carbocycles. The third-order valence-electron chi connectivity index (χ3n) is 3.22. The van der Waals surface area contributed by atoms with Crippen molar-refractivity contribution >= 4 is 10.9 Å². The van der Waals surface area contributed by atoms with Gasteiger partial charge in [0.05, 0.1) is 5.52 Å². The minimum Gasteiger partial charge on any atom is -0.313 e. The van der Waals surface area contributed by atoms with Gasteiger partial charge in [0.1, 0.15) is 0 Å². The Morgan fingerprint density at radius 2 is 1.85 bits per heavy atom. The molecular weight excluding hydrogens is 246 g/mol. The van der Waals surface area contributed by atoms with Crippen molar-refractivity contribution in [1.29, 1.82) is 0 Å². The van der Waals surface area contributed by atoms with Crippen molar-refractivity contribution in [3.8, 4) is 0 Å². The number of fused-ring (bicyclic) bond motifs is 1. The van der Waals surface area contributed by atoms with Crippen LogP contribution in [0.1, 0.15) is 32.8 Å². The summed E-state index contributed by atoms with van der Waals surface area (Å²) < 4.78 is 0. The molecular formula is C17H25N3. The number of para-hydroxylation sites is 1. The van der Waals surface area contributed by atoms with Gasteiger partial charge in [0, 0.05) is 23.7 Å². The molecule has 1 heterocycles. The molecule has 0 amide bonds. The lowest BCUT2D eigenvalue weighted by Crippen LogP contribution is -2.37. The van der Waals surface area contributed by atoms with Gasteiger partial charge in [0.25, 0.3) is 0 Å². The van der Waals surface area contributed by atoms with Gasteiger partial charge in [-0.25, -0.2) is 0 Å². The number of benzene rings is 1. The zero-order valence-electron chi connectivity index (χ0n) is 12.7. The Labute approximate surface area is 121 Å². The summed E-state index contributed by atoms with van der Waals surface area (Å²) in [7, 11) is 0. The van der Waals surface area contributed by atoms with Crippen LogP contribution in [0.4, 0.5) is 0 Å². The van der Waals surface area contributed by atoms with Crippen LogP contribution in [0, 0.1) is 0 Å². The minimum atomic E-state index is 0.208. The molecule has 0 unspecified atom stereocenters. The predicted molar refractivity (Wildman–Crippen MR) is 85.8 cm³/mol. The van der Waals surface area contributed by atoms with Crippen LogP contribution in [0.5, 0.6) is 0 Å². The van der Waals surface area contributed by atoms with Crippen molar-refractivity contribution in [3.63, 3.8) is 0 Å². The van der Waals surface area contributed by atoms with E-state index < -0.39 is 0 Å². The summed E-state index contributed by atoms with van der Waals surface area (Å²) in [6.45, 7) is 9.53. The van der Waals surface area contributed by atoms with Crippen LogP contribution in [0.3, 0.4) is 0 Å². The maximum Gasteiger partial charge on any atom is 0.0746 e. The molecule has 0 aliphatic rings. The van der Waals surface area contributed by atoms with E-state index in [0.717, 1.165) is 31.6 Å². The van der Waals surface area contributed by atoms with E-state index >= 15 is 0 Å². The quantitative estimate of drug-likeness (QED) is 0.793. The van der Waals surface area contributed by atoms with E-state index in [1.165, 1.54) is 10.9 Å². The van der Waals surface area contributed by atoms with Gasteiger partial charge in [-0.1, -0.05) is 24.3 Å². The summed E-state index contributed by atoms with van der Waals surface area (Å²) in [5, 5.41) is 8.21. The molecule has 0 atom stereocenters. The number of hydrogen-bond donors (Lipinski definition) is 2. The highest BCUT2D eigenvalue weighted by Gasteiger charge is 2.07. The molecule has 1 aromatic heterocycles. The number of rotatable bonds is 6. The second kappa shape index (κ2) is 6.82. The molecule has 0 aliphatic heterocycles. The first-order valence-corrected chi connectivity index (χ1v) is 7.35. The fourth-order valence-electron chi connectivity index (χ4n) is 2.21. The zero-order valence-corrected chi connectivity index (χ0v) is 12.7. The van der Waals surface area contributed by atoms with Crippen molar-refractivity contribution < 1.29 is 0 Å². The number of pyridine rings is 1. The first-order chi connectivity index (χ1) is 9.56. The lowest BCUT2D eigenvalue weighted by atomic mass is 10.1. The molecule has 2 rings (SSSR count). The van der Waals surface area contributed by atoms with Gasteiger partial charge in [0.15, 0.2) is 0 Å². The van der Waals surface area contributed by atoms with Crippen LogP contribution in [0.2, 0.25) is 0 Å². The van der Waals surface area contributed by atoms with Crippen LogP contribution in [0.25, 0.3) is 10.9 Å². The SMILES string of the molecule is CC(C)(C)NCCCNCc1cccc2cccnc12. The number of aromatic nitrogens is 1. The molecule has 0 aliphatic carbocycles. The first-order valence-electron chi connectivity index (χ1n) is 7.35. The second-order valence-electron chi connectivity index (χ2n) is 6.20. The van der Waals surface area contributed by atoms with Gasteiger partial charge in [-0.15, -0.1) is 0 Å². The molecule has 0 bridgehead atoms. The molecule has 2 N–H and O–H groups in total. The Kier molecular flexibility index (Phi) is 5.10. The van der Waals surface area contributed by atoms with Gasteiger partial charge in [-0.2, -0.15) is 0 Å². The Hall–Kier alpha value is -1.45. The average Bonchev–Trinajstić information content (AvgIpc) is 2.41. The fraction of sp³-hybridized carbons (Fsp3) is 0.471. The van der Waals surface area contributed by atoms with Crippen LogP contribution in [-0.4, -0.2) is 23.6 Å². The van der Waals surface area contributed by atoms with Gasteiger partial charge in [0.2, 0.25) is 0 Å². The highest BCUT2D eigenvalue weighted by molar-refractivity contribution is 5.81. The molecule has 0 spiro atoms. The smallest absolute Gasteiger partial charge is 0.0746 e. The van der Waals surface area contributed by atoms with E-state index in [9.17, 15) is 0 Å². The normalized spacial score (nSPS) is 11.9. The van der Waals surface area contributed by atoms with Crippen molar-refractivity contribution in [3.05, 3.63) is 42.1 Å². The topological polar surface area (TPSA) is 37.0 Å². The third-order valence-corrected chi connectivity index (χ3v) is 3.22. The Morgan fingerprint density at radius 3 is 2.65 bits per heavy atom. The number of nitrogens with one attached hydrogen (secondary N) is 2. The van der Waals surface area contributed by atoms with Crippen LogP contribution in [-0.2, 0) is 6.54 Å². The molecule has 0 fully saturated rings. The Bertz CT molecular complexity index is 538. The highest BCUT2D eigenvalue weighted by atomic mass is 14.9. The van der Waals surface area contributed by atoms with Gasteiger partial charge in [-0.05, 0) is 51.9 Å². The summed E-state index contributed by atoms with van der Waals surface area (Å²) in [6, 6.07) is 10.5. The van der Waals surface area contributed by atoms with E-state index in [2.05, 4.69) is 60.7 Å². The molecule has 0 saturated carbocycles. The summed E-state index contributed by atoms with van der Waals surface area (Å²) in [5.74, 6) is 0. The number of hydrogen-bond acceptors (Lipinski definition) is 3. The maximum atomic E-state index is 4.48. The monoisotopic (exact) mass is 271 g/mol. The van der Waals surface area contributed by atoms with Crippen LogP contribution < -0.4 is 10.6 Å². The lowest BCUT2D eigenvalue weighted by Gasteiger charge is -2.20. The summed E-state index contributed by atoms with van der Waals surface area (Å²) in [6.07, 6.45) is 2.99. The summed E-state index contributed by atoms with van der Waals surface area (Å²) in [4.78, 5) is 4.48. The molecule has 3 nitrogen and oxygen atoms in total.